The second kappa shape index (κ2) is 54.9. The molecule has 0 fully saturated rings. The van der Waals surface area contributed by atoms with Gasteiger partial charge >= 0.3 is 17.9 Å². The highest BCUT2D eigenvalue weighted by atomic mass is 16.6. The molecule has 0 aromatic heterocycles. The minimum atomic E-state index is -0.805. The molecule has 0 heterocycles. The summed E-state index contributed by atoms with van der Waals surface area (Å²) in [6.07, 6.45) is 72.5. The zero-order chi connectivity index (χ0) is 48.6. The molecule has 0 aromatic carbocycles. The van der Waals surface area contributed by atoms with Gasteiger partial charge in [0.1, 0.15) is 13.2 Å². The molecule has 0 rings (SSSR count). The van der Waals surface area contributed by atoms with Crippen molar-refractivity contribution < 1.29 is 28.6 Å². The molecule has 0 bridgehead atoms. The molecular formula is C61H102O6. The first-order valence-electron chi connectivity index (χ1n) is 27.7. The van der Waals surface area contributed by atoms with Crippen molar-refractivity contribution in [1.29, 1.82) is 0 Å². The Labute approximate surface area is 413 Å². The molecule has 1 atom stereocenters. The summed E-state index contributed by atoms with van der Waals surface area (Å²) < 4.78 is 16.8. The van der Waals surface area contributed by atoms with Gasteiger partial charge in [0, 0.05) is 19.3 Å². The van der Waals surface area contributed by atoms with Crippen LogP contribution >= 0.6 is 0 Å². The standard InChI is InChI=1S/C61H102O6/c1-4-7-10-13-16-19-22-25-28-29-30-31-34-36-39-42-45-48-51-54-60(63)66-57-58(67-61(64)55-52-49-46-43-40-37-33-27-24-21-18-15-12-9-6-3)56-65-59(62)53-50-47-44-41-38-35-32-26-23-20-17-14-11-8-5-2/h8,11,16-21,25-28,32-33,38,41,58H,4-7,9-10,12-15,22-24,29-31,34-37,39-40,42-57H2,1-3H3/b11-8-,19-16-,20-17-,21-18-,28-25-,32-26-,33-27-,41-38-/t58-/m1/s1. The van der Waals surface area contributed by atoms with Crippen molar-refractivity contribution in [2.75, 3.05) is 13.2 Å². The fourth-order valence-corrected chi connectivity index (χ4v) is 7.37. The highest BCUT2D eigenvalue weighted by Crippen LogP contribution is 2.14. The van der Waals surface area contributed by atoms with E-state index in [-0.39, 0.29) is 31.1 Å². The van der Waals surface area contributed by atoms with Gasteiger partial charge in [0.2, 0.25) is 0 Å². The number of carbonyl (C=O) groups excluding carboxylic acids is 3. The Kier molecular flexibility index (Phi) is 51.9. The monoisotopic (exact) mass is 931 g/mol. The van der Waals surface area contributed by atoms with Crippen LogP contribution in [0.2, 0.25) is 0 Å². The number of hydrogen-bond acceptors (Lipinski definition) is 6. The van der Waals surface area contributed by atoms with E-state index < -0.39 is 6.10 Å². The molecule has 0 aliphatic heterocycles. The molecule has 0 aromatic rings. The number of rotatable bonds is 49. The zero-order valence-electron chi connectivity index (χ0n) is 43.6. The van der Waals surface area contributed by atoms with Gasteiger partial charge < -0.3 is 14.2 Å². The normalized spacial score (nSPS) is 12.8. The maximum absolute atomic E-state index is 12.8. The predicted molar refractivity (Wildman–Crippen MR) is 288 cm³/mol. The van der Waals surface area contributed by atoms with Gasteiger partial charge in [-0.2, -0.15) is 0 Å². The summed E-state index contributed by atoms with van der Waals surface area (Å²) in [5, 5.41) is 0. The van der Waals surface area contributed by atoms with Gasteiger partial charge in [-0.15, -0.1) is 0 Å². The van der Waals surface area contributed by atoms with Crippen molar-refractivity contribution in [3.8, 4) is 0 Å². The molecule has 0 aliphatic carbocycles. The summed E-state index contributed by atoms with van der Waals surface area (Å²) in [6, 6.07) is 0. The third-order valence-corrected chi connectivity index (χ3v) is 11.5. The van der Waals surface area contributed by atoms with Gasteiger partial charge in [-0.1, -0.05) is 208 Å². The van der Waals surface area contributed by atoms with Crippen molar-refractivity contribution in [2.45, 2.75) is 258 Å². The number of esters is 3. The summed E-state index contributed by atoms with van der Waals surface area (Å²) in [6.45, 7) is 6.42. The Balaban J connectivity index is 4.46. The van der Waals surface area contributed by atoms with Gasteiger partial charge in [0.25, 0.3) is 0 Å². The van der Waals surface area contributed by atoms with Crippen LogP contribution in [-0.4, -0.2) is 37.2 Å². The van der Waals surface area contributed by atoms with Crippen LogP contribution < -0.4 is 0 Å². The van der Waals surface area contributed by atoms with E-state index >= 15 is 0 Å². The number of carbonyl (C=O) groups is 3. The molecule has 0 unspecified atom stereocenters. The highest BCUT2D eigenvalue weighted by molar-refractivity contribution is 5.71. The average Bonchev–Trinajstić information content (AvgIpc) is 3.33. The molecule has 0 amide bonds. The lowest BCUT2D eigenvalue weighted by Crippen LogP contribution is -2.30. The van der Waals surface area contributed by atoms with Crippen LogP contribution in [0.25, 0.3) is 0 Å². The molecule has 6 heteroatoms. The predicted octanol–water partition coefficient (Wildman–Crippen LogP) is 18.5. The molecule has 6 nitrogen and oxygen atoms in total. The van der Waals surface area contributed by atoms with Gasteiger partial charge in [0.15, 0.2) is 6.10 Å². The number of hydrogen-bond donors (Lipinski definition) is 0. The minimum Gasteiger partial charge on any atom is -0.462 e. The van der Waals surface area contributed by atoms with E-state index in [1.54, 1.807) is 0 Å². The third kappa shape index (κ3) is 53.2. The molecule has 0 saturated carbocycles. The summed E-state index contributed by atoms with van der Waals surface area (Å²) in [7, 11) is 0. The van der Waals surface area contributed by atoms with Crippen molar-refractivity contribution in [3.05, 3.63) is 97.2 Å². The second-order valence-electron chi connectivity index (χ2n) is 18.1. The van der Waals surface area contributed by atoms with Crippen LogP contribution in [0.4, 0.5) is 0 Å². The van der Waals surface area contributed by atoms with E-state index in [0.29, 0.717) is 19.3 Å². The smallest absolute Gasteiger partial charge is 0.306 e. The van der Waals surface area contributed by atoms with E-state index in [4.69, 9.17) is 14.2 Å². The molecule has 0 aliphatic rings. The van der Waals surface area contributed by atoms with Crippen LogP contribution in [0.15, 0.2) is 97.2 Å². The van der Waals surface area contributed by atoms with Crippen molar-refractivity contribution >= 4 is 17.9 Å². The van der Waals surface area contributed by atoms with E-state index in [1.807, 2.05) is 0 Å². The Morgan fingerprint density at radius 2 is 0.582 bits per heavy atom. The molecule has 382 valence electrons. The second-order valence-corrected chi connectivity index (χ2v) is 18.1. The number of ether oxygens (including phenoxy) is 3. The Bertz CT molecular complexity index is 1350. The lowest BCUT2D eigenvalue weighted by molar-refractivity contribution is -0.167. The van der Waals surface area contributed by atoms with Crippen LogP contribution in [0.1, 0.15) is 252 Å². The van der Waals surface area contributed by atoms with Crippen LogP contribution in [0.5, 0.6) is 0 Å². The lowest BCUT2D eigenvalue weighted by Gasteiger charge is -2.18. The first-order valence-corrected chi connectivity index (χ1v) is 27.7. The van der Waals surface area contributed by atoms with Gasteiger partial charge in [-0.05, 0) is 122 Å². The molecule has 0 saturated heterocycles. The molecule has 0 radical (unpaired) electrons. The van der Waals surface area contributed by atoms with Gasteiger partial charge in [-0.3, -0.25) is 14.4 Å². The van der Waals surface area contributed by atoms with E-state index in [0.717, 1.165) is 116 Å². The highest BCUT2D eigenvalue weighted by Gasteiger charge is 2.19. The molecule has 67 heavy (non-hydrogen) atoms. The Morgan fingerprint density at radius 1 is 0.313 bits per heavy atom. The maximum atomic E-state index is 12.8. The summed E-state index contributed by atoms with van der Waals surface area (Å²) in [4.78, 5) is 38.1. The number of allylic oxidation sites excluding steroid dienone is 16. The first kappa shape index (κ1) is 63.3. The molecular weight excluding hydrogens is 829 g/mol. The Hall–Kier alpha value is -3.67. The Morgan fingerprint density at radius 3 is 0.940 bits per heavy atom. The molecule has 0 N–H and O–H groups in total. The summed E-state index contributed by atoms with van der Waals surface area (Å²) in [5.41, 5.74) is 0. The van der Waals surface area contributed by atoms with Crippen molar-refractivity contribution in [1.82, 2.24) is 0 Å². The zero-order valence-corrected chi connectivity index (χ0v) is 43.6. The lowest BCUT2D eigenvalue weighted by atomic mass is 10.1. The fraction of sp³-hybridized carbons (Fsp3) is 0.689. The summed E-state index contributed by atoms with van der Waals surface area (Å²) >= 11 is 0. The maximum Gasteiger partial charge on any atom is 0.306 e. The average molecular weight is 931 g/mol. The van der Waals surface area contributed by atoms with Crippen molar-refractivity contribution in [2.24, 2.45) is 0 Å². The van der Waals surface area contributed by atoms with Gasteiger partial charge in [-0.25, -0.2) is 0 Å². The quantitative estimate of drug-likeness (QED) is 0.0262. The summed E-state index contributed by atoms with van der Waals surface area (Å²) in [5.74, 6) is -0.960. The van der Waals surface area contributed by atoms with Gasteiger partial charge in [0.05, 0.1) is 0 Å². The van der Waals surface area contributed by atoms with E-state index in [9.17, 15) is 14.4 Å². The fourth-order valence-electron chi connectivity index (χ4n) is 7.37. The van der Waals surface area contributed by atoms with Crippen LogP contribution in [0.3, 0.4) is 0 Å². The van der Waals surface area contributed by atoms with Crippen molar-refractivity contribution in [3.63, 3.8) is 0 Å². The third-order valence-electron chi connectivity index (χ3n) is 11.5. The largest absolute Gasteiger partial charge is 0.462 e. The first-order chi connectivity index (χ1) is 33.0. The van der Waals surface area contributed by atoms with Crippen LogP contribution in [-0.2, 0) is 28.6 Å². The topological polar surface area (TPSA) is 78.9 Å². The van der Waals surface area contributed by atoms with E-state index in [2.05, 4.69) is 118 Å². The number of unbranched alkanes of at least 4 members (excludes halogenated alkanes) is 22. The molecule has 0 spiro atoms. The van der Waals surface area contributed by atoms with E-state index in [1.165, 1.54) is 96.3 Å². The minimum absolute atomic E-state index is 0.0994. The SMILES string of the molecule is CC/C=C\C/C=C\C/C=C\C/C=C\CCCCC(=O)OC[C@H](COC(=O)CCCCCCCCCCC/C=C\C/C=C\CCCCC)OC(=O)CCCCCCC/C=C\C/C=C\CCCCC. The van der Waals surface area contributed by atoms with Crippen LogP contribution in [0, 0.1) is 0 Å².